The number of rotatable bonds is 7. The second kappa shape index (κ2) is 10.3. The van der Waals surface area contributed by atoms with Crippen LogP contribution in [-0.2, 0) is 16.0 Å². The van der Waals surface area contributed by atoms with E-state index in [4.69, 9.17) is 10.00 Å². The molecule has 0 fully saturated rings. The molecular weight excluding hydrogens is 506 g/mol. The van der Waals surface area contributed by atoms with Gasteiger partial charge in [-0.1, -0.05) is 66.7 Å². The first kappa shape index (κ1) is 24.8. The number of carboxylic acid groups (broad SMARTS) is 1. The van der Waals surface area contributed by atoms with Crippen LogP contribution in [0.1, 0.15) is 28.3 Å². The molecule has 0 saturated carbocycles. The van der Waals surface area contributed by atoms with Crippen LogP contribution < -0.4 is 5.32 Å². The molecular formula is C31H23N5O4. The van der Waals surface area contributed by atoms with E-state index in [2.05, 4.69) is 27.5 Å². The predicted octanol–water partition coefficient (Wildman–Crippen LogP) is 4.80. The Morgan fingerprint density at radius 1 is 1.00 bits per heavy atom. The summed E-state index contributed by atoms with van der Waals surface area (Å²) in [5, 5.41) is 25.9. The highest BCUT2D eigenvalue weighted by molar-refractivity contribution is 5.81. The van der Waals surface area contributed by atoms with Gasteiger partial charge in [-0.3, -0.25) is 0 Å². The van der Waals surface area contributed by atoms with Gasteiger partial charge in [0.2, 0.25) is 0 Å². The number of aliphatic carboxylic acids is 1. The summed E-state index contributed by atoms with van der Waals surface area (Å²) in [5.74, 6) is -1.29. The average Bonchev–Trinajstić information content (AvgIpc) is 3.54. The highest BCUT2D eigenvalue weighted by atomic mass is 16.5. The van der Waals surface area contributed by atoms with E-state index in [-0.39, 0.29) is 24.6 Å². The number of amides is 1. The number of carboxylic acids is 1. The Bertz CT molecular complexity index is 1760. The van der Waals surface area contributed by atoms with E-state index in [1.807, 2.05) is 54.6 Å². The lowest BCUT2D eigenvalue weighted by Gasteiger charge is -2.18. The lowest BCUT2D eigenvalue weighted by molar-refractivity contribution is -0.139. The third kappa shape index (κ3) is 4.74. The first-order valence-corrected chi connectivity index (χ1v) is 12.7. The summed E-state index contributed by atoms with van der Waals surface area (Å²) >= 11 is 0. The zero-order valence-electron chi connectivity index (χ0n) is 21.2. The van der Waals surface area contributed by atoms with Crippen molar-refractivity contribution in [2.45, 2.75) is 18.4 Å². The van der Waals surface area contributed by atoms with Gasteiger partial charge >= 0.3 is 12.1 Å². The topological polar surface area (TPSA) is 130 Å². The van der Waals surface area contributed by atoms with E-state index < -0.39 is 18.1 Å². The van der Waals surface area contributed by atoms with Crippen LogP contribution in [0, 0.1) is 11.3 Å². The fourth-order valence-electron chi connectivity index (χ4n) is 5.17. The number of hydrogen-bond acceptors (Lipinski definition) is 6. The predicted molar refractivity (Wildman–Crippen MR) is 146 cm³/mol. The minimum absolute atomic E-state index is 0.0548. The molecule has 9 heteroatoms. The molecule has 6 rings (SSSR count). The van der Waals surface area contributed by atoms with Crippen LogP contribution in [0.15, 0.2) is 91.1 Å². The van der Waals surface area contributed by atoms with E-state index in [9.17, 15) is 14.7 Å². The maximum atomic E-state index is 12.7. The van der Waals surface area contributed by atoms with Gasteiger partial charge in [0, 0.05) is 17.9 Å². The molecule has 1 aliphatic carbocycles. The van der Waals surface area contributed by atoms with Crippen LogP contribution in [-0.4, -0.2) is 44.4 Å². The number of nitrogens with zero attached hydrogens (tertiary/aromatic N) is 4. The molecule has 0 unspecified atom stereocenters. The van der Waals surface area contributed by atoms with E-state index in [1.54, 1.807) is 30.5 Å². The second-order valence-corrected chi connectivity index (χ2v) is 9.52. The molecule has 0 radical (unpaired) electrons. The number of aromatic nitrogens is 3. The number of hydrogen-bond donors (Lipinski definition) is 2. The smallest absolute Gasteiger partial charge is 0.407 e. The largest absolute Gasteiger partial charge is 0.480 e. The van der Waals surface area contributed by atoms with Crippen LogP contribution in [0.2, 0.25) is 0 Å². The highest BCUT2D eigenvalue weighted by Gasteiger charge is 2.30. The quantitative estimate of drug-likeness (QED) is 0.310. The summed E-state index contributed by atoms with van der Waals surface area (Å²) in [4.78, 5) is 28.9. The van der Waals surface area contributed by atoms with Crippen molar-refractivity contribution >= 4 is 17.7 Å². The van der Waals surface area contributed by atoms with E-state index in [1.165, 1.54) is 4.52 Å². The fraction of sp³-hybridized carbons (Fsp3) is 0.129. The van der Waals surface area contributed by atoms with Gasteiger partial charge in [0.15, 0.2) is 11.3 Å². The zero-order valence-corrected chi connectivity index (χ0v) is 21.2. The minimum Gasteiger partial charge on any atom is -0.480 e. The Kier molecular flexibility index (Phi) is 6.42. The Labute approximate surface area is 229 Å². The molecule has 2 N–H and O–H groups in total. The minimum atomic E-state index is -1.19. The molecule has 5 aromatic rings. The van der Waals surface area contributed by atoms with Crippen molar-refractivity contribution in [1.29, 1.82) is 5.26 Å². The number of imidazole rings is 1. The Morgan fingerprint density at radius 2 is 1.73 bits per heavy atom. The van der Waals surface area contributed by atoms with Gasteiger partial charge in [-0.15, -0.1) is 0 Å². The summed E-state index contributed by atoms with van der Waals surface area (Å²) in [7, 11) is 0. The molecule has 0 aliphatic heterocycles. The summed E-state index contributed by atoms with van der Waals surface area (Å²) in [6, 6.07) is 27.7. The highest BCUT2D eigenvalue weighted by Crippen LogP contribution is 2.44. The van der Waals surface area contributed by atoms with Gasteiger partial charge in [-0.05, 0) is 46.0 Å². The number of benzene rings is 3. The van der Waals surface area contributed by atoms with Crippen molar-refractivity contribution in [3.8, 4) is 28.5 Å². The van der Waals surface area contributed by atoms with E-state index >= 15 is 0 Å². The molecule has 0 spiro atoms. The van der Waals surface area contributed by atoms with Crippen molar-refractivity contribution in [2.75, 3.05) is 6.61 Å². The number of carbonyl (C=O) groups is 2. The monoisotopic (exact) mass is 529 g/mol. The van der Waals surface area contributed by atoms with Gasteiger partial charge in [0.05, 0.1) is 11.9 Å². The zero-order chi connectivity index (χ0) is 27.6. The van der Waals surface area contributed by atoms with E-state index in [0.717, 1.165) is 27.8 Å². The molecule has 1 amide bonds. The molecule has 1 atom stereocenters. The van der Waals surface area contributed by atoms with Crippen LogP contribution in [0.4, 0.5) is 4.79 Å². The third-order valence-corrected chi connectivity index (χ3v) is 7.03. The maximum Gasteiger partial charge on any atom is 0.407 e. The molecule has 0 saturated heterocycles. The van der Waals surface area contributed by atoms with Crippen molar-refractivity contribution in [1.82, 2.24) is 19.9 Å². The Hall–Kier alpha value is -5.49. The number of alkyl carbamates (subject to hydrolysis) is 1. The summed E-state index contributed by atoms with van der Waals surface area (Å²) in [6.07, 6.45) is 0.812. The first-order valence-electron chi connectivity index (χ1n) is 12.7. The van der Waals surface area contributed by atoms with Gasteiger partial charge in [0.1, 0.15) is 18.7 Å². The van der Waals surface area contributed by atoms with Gasteiger partial charge in [0.25, 0.3) is 0 Å². The summed E-state index contributed by atoms with van der Waals surface area (Å²) < 4.78 is 7.08. The van der Waals surface area contributed by atoms with Crippen LogP contribution in [0.25, 0.3) is 28.0 Å². The maximum absolute atomic E-state index is 12.7. The molecule has 9 nitrogen and oxygen atoms in total. The first-order chi connectivity index (χ1) is 19.5. The third-order valence-electron chi connectivity index (χ3n) is 7.03. The lowest BCUT2D eigenvalue weighted by Crippen LogP contribution is -2.42. The number of ether oxygens (including phenoxy) is 1. The number of nitriles is 1. The number of fused-ring (bicyclic) bond motifs is 4. The molecule has 3 aromatic carbocycles. The molecule has 1 aliphatic rings. The van der Waals surface area contributed by atoms with Crippen molar-refractivity contribution in [2.24, 2.45) is 0 Å². The van der Waals surface area contributed by atoms with Gasteiger partial charge < -0.3 is 15.2 Å². The second-order valence-electron chi connectivity index (χ2n) is 9.52. The molecule has 0 bridgehead atoms. The standard InChI is InChI=1S/C31H23N5O4/c32-16-21-17-36-29(33-21)13-12-27(35-36)20-7-5-6-19(14-20)15-28(30(37)38)34-31(39)40-18-26-24-10-3-1-8-22(24)23-9-2-4-11-25(23)26/h1-14,17,26,28H,15,18H2,(H,34,39)(H,37,38)/t28-/m0/s1. The Balaban J connectivity index is 1.14. The lowest BCUT2D eigenvalue weighted by atomic mass is 9.98. The fourth-order valence-corrected chi connectivity index (χ4v) is 5.17. The summed E-state index contributed by atoms with van der Waals surface area (Å²) in [5.41, 5.74) is 7.30. The van der Waals surface area contributed by atoms with Crippen molar-refractivity contribution in [3.63, 3.8) is 0 Å². The number of nitrogens with one attached hydrogen (secondary N) is 1. The molecule has 2 heterocycles. The van der Waals surface area contributed by atoms with Crippen molar-refractivity contribution < 1.29 is 19.4 Å². The van der Waals surface area contributed by atoms with Gasteiger partial charge in [-0.2, -0.15) is 10.4 Å². The van der Waals surface area contributed by atoms with Gasteiger partial charge in [-0.25, -0.2) is 19.1 Å². The molecule has 40 heavy (non-hydrogen) atoms. The number of carbonyl (C=O) groups excluding carboxylic acids is 1. The normalized spacial score (nSPS) is 12.8. The SMILES string of the molecule is N#Cc1cn2nc(-c3cccc(C[C@H](NC(=O)OCC4c5ccccc5-c5ccccc54)C(=O)O)c3)ccc2n1. The van der Waals surface area contributed by atoms with Crippen LogP contribution >= 0.6 is 0 Å². The van der Waals surface area contributed by atoms with Crippen LogP contribution in [0.5, 0.6) is 0 Å². The molecule has 196 valence electrons. The molecule has 2 aromatic heterocycles. The van der Waals surface area contributed by atoms with Crippen molar-refractivity contribution in [3.05, 3.63) is 114 Å². The Morgan fingerprint density at radius 3 is 2.42 bits per heavy atom. The summed E-state index contributed by atoms with van der Waals surface area (Å²) in [6.45, 7) is 0.0948. The van der Waals surface area contributed by atoms with E-state index in [0.29, 0.717) is 16.9 Å². The van der Waals surface area contributed by atoms with Crippen LogP contribution in [0.3, 0.4) is 0 Å². The average molecular weight is 530 g/mol.